The first-order valence-electron chi connectivity index (χ1n) is 19.8. The van der Waals surface area contributed by atoms with Crippen LogP contribution < -0.4 is 4.90 Å². The van der Waals surface area contributed by atoms with Crippen molar-refractivity contribution < 1.29 is 0 Å². The maximum atomic E-state index is 2.49. The summed E-state index contributed by atoms with van der Waals surface area (Å²) < 4.78 is 2.46. The molecule has 0 bridgehead atoms. The summed E-state index contributed by atoms with van der Waals surface area (Å²) in [6, 6.07) is 80.6. The Hall–Kier alpha value is -7.42. The fourth-order valence-corrected chi connectivity index (χ4v) is 9.99. The van der Waals surface area contributed by atoms with Crippen LogP contribution in [0.25, 0.3) is 60.9 Å². The Labute approximate surface area is 332 Å². The third-order valence-electron chi connectivity index (χ3n) is 12.4. The van der Waals surface area contributed by atoms with Crippen molar-refractivity contribution >= 4 is 38.7 Å². The van der Waals surface area contributed by atoms with Gasteiger partial charge in [-0.3, -0.25) is 0 Å². The molecule has 2 nitrogen and oxygen atoms in total. The van der Waals surface area contributed by atoms with E-state index in [4.69, 9.17) is 0 Å². The number of hydrogen-bond donors (Lipinski definition) is 0. The smallest absolute Gasteiger partial charge is 0.0727 e. The van der Waals surface area contributed by atoms with Gasteiger partial charge in [0, 0.05) is 28.1 Å². The Morgan fingerprint density at radius 1 is 0.333 bits per heavy atom. The van der Waals surface area contributed by atoms with Gasteiger partial charge in [0.25, 0.3) is 0 Å². The predicted molar refractivity (Wildman–Crippen MR) is 237 cm³/mol. The largest absolute Gasteiger partial charge is 0.310 e. The van der Waals surface area contributed by atoms with Gasteiger partial charge in [-0.15, -0.1) is 0 Å². The summed E-state index contributed by atoms with van der Waals surface area (Å²) in [4.78, 5) is 2.42. The second-order valence-corrected chi connectivity index (χ2v) is 15.3. The Kier molecular flexibility index (Phi) is 6.88. The third-order valence-corrected chi connectivity index (χ3v) is 12.4. The molecule has 0 radical (unpaired) electrons. The topological polar surface area (TPSA) is 8.17 Å². The van der Waals surface area contributed by atoms with E-state index >= 15 is 0 Å². The SMILES string of the molecule is c1ccc(-c2cc3ccccc3n2-c2ccc3c(c2)C2(c4ccccc4-c4ccccc42)c2cc(N(c4ccccc4)c4ccc5ccccc5c4)ccc2-3)cc1. The van der Waals surface area contributed by atoms with Crippen molar-refractivity contribution in [2.75, 3.05) is 4.90 Å². The monoisotopic (exact) mass is 724 g/mol. The summed E-state index contributed by atoms with van der Waals surface area (Å²) in [5, 5.41) is 3.68. The fourth-order valence-electron chi connectivity index (χ4n) is 9.99. The van der Waals surface area contributed by atoms with E-state index in [-0.39, 0.29) is 0 Å². The second-order valence-electron chi connectivity index (χ2n) is 15.3. The van der Waals surface area contributed by atoms with Crippen LogP contribution >= 0.6 is 0 Å². The zero-order chi connectivity index (χ0) is 37.5. The quantitative estimate of drug-likeness (QED) is 0.172. The zero-order valence-corrected chi connectivity index (χ0v) is 31.2. The van der Waals surface area contributed by atoms with Crippen LogP contribution in [-0.4, -0.2) is 4.57 Å². The standard InChI is InChI=1S/C55H36N2/c1-3-16-38(17-4-1)54-34-40-19-9-14-26-53(40)57(54)44-30-32-48-47-31-29-43(56(41-20-5-2-6-21-41)42-28-27-37-15-7-8-18-39(37)33-42)35-51(47)55(52(48)36-44)49-24-12-10-22-45(49)46-23-11-13-25-50(46)55/h1-36H. The Balaban J connectivity index is 1.14. The van der Waals surface area contributed by atoms with E-state index in [0.717, 1.165) is 22.7 Å². The van der Waals surface area contributed by atoms with Gasteiger partial charge in [-0.05, 0) is 122 Å². The summed E-state index contributed by atoms with van der Waals surface area (Å²) in [5.74, 6) is 0. The molecule has 1 spiro atoms. The number of hydrogen-bond acceptors (Lipinski definition) is 1. The molecule has 0 N–H and O–H groups in total. The van der Waals surface area contributed by atoms with Crippen molar-refractivity contribution in [2.24, 2.45) is 0 Å². The van der Waals surface area contributed by atoms with E-state index in [1.807, 2.05) is 0 Å². The van der Waals surface area contributed by atoms with Gasteiger partial charge in [-0.25, -0.2) is 0 Å². The second kappa shape index (κ2) is 12.3. The molecule has 0 amide bonds. The molecule has 0 saturated carbocycles. The first kappa shape index (κ1) is 31.9. The average molecular weight is 725 g/mol. The van der Waals surface area contributed by atoms with Crippen molar-refractivity contribution in [2.45, 2.75) is 5.41 Å². The lowest BCUT2D eigenvalue weighted by atomic mass is 9.70. The molecular weight excluding hydrogens is 689 g/mol. The van der Waals surface area contributed by atoms with E-state index in [1.165, 1.54) is 77.4 Å². The number of rotatable bonds is 5. The molecule has 9 aromatic carbocycles. The predicted octanol–water partition coefficient (Wildman–Crippen LogP) is 14.3. The van der Waals surface area contributed by atoms with Crippen molar-refractivity contribution in [3.63, 3.8) is 0 Å². The van der Waals surface area contributed by atoms with Crippen LogP contribution in [-0.2, 0) is 5.41 Å². The third kappa shape index (κ3) is 4.59. The van der Waals surface area contributed by atoms with E-state index in [0.29, 0.717) is 0 Å². The maximum absolute atomic E-state index is 2.49. The molecule has 2 aliphatic carbocycles. The molecule has 1 aromatic heterocycles. The molecule has 0 atom stereocenters. The minimum atomic E-state index is -0.522. The lowest BCUT2D eigenvalue weighted by Crippen LogP contribution is -2.26. The molecule has 10 aromatic rings. The summed E-state index contributed by atoms with van der Waals surface area (Å²) in [6.45, 7) is 0. The van der Waals surface area contributed by atoms with Crippen LogP contribution in [0.3, 0.4) is 0 Å². The molecule has 0 fully saturated rings. The van der Waals surface area contributed by atoms with E-state index in [1.54, 1.807) is 0 Å². The van der Waals surface area contributed by atoms with Crippen molar-refractivity contribution in [3.8, 4) is 39.2 Å². The van der Waals surface area contributed by atoms with Crippen LogP contribution in [0.2, 0.25) is 0 Å². The van der Waals surface area contributed by atoms with Gasteiger partial charge >= 0.3 is 0 Å². The van der Waals surface area contributed by atoms with Gasteiger partial charge in [0.1, 0.15) is 0 Å². The number of fused-ring (bicyclic) bond motifs is 12. The van der Waals surface area contributed by atoms with Crippen LogP contribution in [0.15, 0.2) is 218 Å². The number of nitrogens with zero attached hydrogens (tertiary/aromatic N) is 2. The summed E-state index contributed by atoms with van der Waals surface area (Å²) in [7, 11) is 0. The van der Waals surface area contributed by atoms with Crippen LogP contribution in [0.1, 0.15) is 22.3 Å². The van der Waals surface area contributed by atoms with Crippen LogP contribution in [0, 0.1) is 0 Å². The number of anilines is 3. The average Bonchev–Trinajstić information content (AvgIpc) is 3.91. The van der Waals surface area contributed by atoms with E-state index < -0.39 is 5.41 Å². The molecule has 266 valence electrons. The lowest BCUT2D eigenvalue weighted by Gasteiger charge is -2.32. The molecule has 2 aliphatic rings. The molecule has 1 heterocycles. The fraction of sp³-hybridized carbons (Fsp3) is 0.0182. The van der Waals surface area contributed by atoms with E-state index in [2.05, 4.69) is 228 Å². The maximum Gasteiger partial charge on any atom is 0.0727 e. The molecule has 0 saturated heterocycles. The van der Waals surface area contributed by atoms with Gasteiger partial charge in [0.2, 0.25) is 0 Å². The van der Waals surface area contributed by atoms with E-state index in [9.17, 15) is 0 Å². The molecule has 57 heavy (non-hydrogen) atoms. The number of aromatic nitrogens is 1. The first-order valence-corrected chi connectivity index (χ1v) is 19.8. The van der Waals surface area contributed by atoms with Gasteiger partial charge in [0.05, 0.1) is 16.6 Å². The van der Waals surface area contributed by atoms with Crippen molar-refractivity contribution in [1.29, 1.82) is 0 Å². The highest BCUT2D eigenvalue weighted by molar-refractivity contribution is 5.98. The van der Waals surface area contributed by atoms with Crippen LogP contribution in [0.4, 0.5) is 17.1 Å². The normalized spacial score (nSPS) is 13.1. The molecule has 2 heteroatoms. The first-order chi connectivity index (χ1) is 28.3. The number of benzene rings is 9. The molecule has 0 aliphatic heterocycles. The number of para-hydroxylation sites is 2. The minimum Gasteiger partial charge on any atom is -0.310 e. The molecule has 0 unspecified atom stereocenters. The van der Waals surface area contributed by atoms with Crippen molar-refractivity contribution in [3.05, 3.63) is 241 Å². The minimum absolute atomic E-state index is 0.522. The summed E-state index contributed by atoms with van der Waals surface area (Å²) >= 11 is 0. The highest BCUT2D eigenvalue weighted by Crippen LogP contribution is 2.63. The Morgan fingerprint density at radius 3 is 1.63 bits per heavy atom. The van der Waals surface area contributed by atoms with Crippen LogP contribution in [0.5, 0.6) is 0 Å². The lowest BCUT2D eigenvalue weighted by molar-refractivity contribution is 0.792. The highest BCUT2D eigenvalue weighted by Gasteiger charge is 2.52. The van der Waals surface area contributed by atoms with Gasteiger partial charge in [-0.1, -0.05) is 158 Å². The zero-order valence-electron chi connectivity index (χ0n) is 31.2. The highest BCUT2D eigenvalue weighted by atomic mass is 15.1. The van der Waals surface area contributed by atoms with Gasteiger partial charge < -0.3 is 9.47 Å². The van der Waals surface area contributed by atoms with Gasteiger partial charge in [-0.2, -0.15) is 0 Å². The molecular formula is C55H36N2. The molecule has 12 rings (SSSR count). The summed E-state index contributed by atoms with van der Waals surface area (Å²) in [5.41, 5.74) is 18.1. The summed E-state index contributed by atoms with van der Waals surface area (Å²) in [6.07, 6.45) is 0. The Bertz CT molecular complexity index is 3150. The van der Waals surface area contributed by atoms with Gasteiger partial charge in [0.15, 0.2) is 0 Å². The Morgan fingerprint density at radius 2 is 0.877 bits per heavy atom. The van der Waals surface area contributed by atoms with Crippen molar-refractivity contribution in [1.82, 2.24) is 4.57 Å².